The van der Waals surface area contributed by atoms with E-state index in [0.717, 1.165) is 16.7 Å². The Morgan fingerprint density at radius 2 is 1.68 bits per heavy atom. The number of allylic oxidation sites excluding steroid dienone is 1. The molecule has 0 saturated carbocycles. The van der Waals surface area contributed by atoms with Crippen molar-refractivity contribution in [3.63, 3.8) is 0 Å². The molecular weight excluding hydrogens is 466 g/mol. The Morgan fingerprint density at radius 3 is 2.32 bits per heavy atom. The maximum absolute atomic E-state index is 13.7. The van der Waals surface area contributed by atoms with E-state index in [2.05, 4.69) is 11.9 Å². The highest BCUT2D eigenvalue weighted by Crippen LogP contribution is 2.44. The second-order valence-corrected chi connectivity index (χ2v) is 8.74. The van der Waals surface area contributed by atoms with E-state index in [1.165, 1.54) is 0 Å². The zero-order chi connectivity index (χ0) is 27.1. The predicted molar refractivity (Wildman–Crippen MR) is 147 cm³/mol. The molecule has 0 aliphatic carbocycles. The minimum Gasteiger partial charge on any atom is -0.486 e. The van der Waals surface area contributed by atoms with Crippen LogP contribution in [0.2, 0.25) is 0 Å². The fraction of sp³-hybridized carbons (Fsp3) is 0.333. The topological polar surface area (TPSA) is 72.8 Å². The van der Waals surface area contributed by atoms with Crippen LogP contribution >= 0.6 is 0 Å². The number of benzene rings is 2. The van der Waals surface area contributed by atoms with Gasteiger partial charge in [0.2, 0.25) is 5.91 Å². The number of likely N-dealkylation sites (N-methyl/N-ethyl adjacent to an activating group) is 1. The molecule has 2 unspecified atom stereocenters. The zero-order valence-electron chi connectivity index (χ0n) is 22.6. The number of fused-ring (bicyclic) bond motifs is 2. The molecule has 0 fully saturated rings. The molecule has 0 spiro atoms. The lowest BCUT2D eigenvalue weighted by atomic mass is 9.79. The molecule has 2 aromatic carbocycles. The number of carbonyl (C=O) groups is 2. The Labute approximate surface area is 219 Å². The van der Waals surface area contributed by atoms with Gasteiger partial charge in [0.25, 0.3) is 5.91 Å². The first kappa shape index (κ1) is 27.6. The van der Waals surface area contributed by atoms with E-state index < -0.39 is 12.0 Å². The fourth-order valence-corrected chi connectivity index (χ4v) is 4.73. The molecule has 1 N–H and O–H groups in total. The number of hydrogen-bond acceptors (Lipinski definition) is 4. The summed E-state index contributed by atoms with van der Waals surface area (Å²) in [6.45, 7) is 12.2. The van der Waals surface area contributed by atoms with Gasteiger partial charge < -0.3 is 24.3 Å². The van der Waals surface area contributed by atoms with Gasteiger partial charge in [0, 0.05) is 43.8 Å². The van der Waals surface area contributed by atoms with Gasteiger partial charge >= 0.3 is 0 Å². The summed E-state index contributed by atoms with van der Waals surface area (Å²) in [5.74, 6) is 0.448. The first-order valence-electron chi connectivity index (χ1n) is 12.6. The van der Waals surface area contributed by atoms with Gasteiger partial charge in [0.05, 0.1) is 12.0 Å². The summed E-state index contributed by atoms with van der Waals surface area (Å²) >= 11 is 0. The van der Waals surface area contributed by atoms with Gasteiger partial charge in [0.1, 0.15) is 13.2 Å². The fourth-order valence-electron chi connectivity index (χ4n) is 4.73. The molecule has 2 atom stereocenters. The average molecular weight is 504 g/mol. The second kappa shape index (κ2) is 12.3. The van der Waals surface area contributed by atoms with Gasteiger partial charge in [-0.25, -0.2) is 0 Å². The number of rotatable bonds is 3. The molecule has 0 bridgehead atoms. The Hall–Kier alpha value is -4.00. The van der Waals surface area contributed by atoms with Crippen LogP contribution in [0.5, 0.6) is 11.5 Å². The Kier molecular flexibility index (Phi) is 9.17. The predicted octanol–water partition coefficient (Wildman–Crippen LogP) is 5.87. The Bertz CT molecular complexity index is 1260. The molecule has 2 amide bonds. The second-order valence-electron chi connectivity index (χ2n) is 8.74. The van der Waals surface area contributed by atoms with Crippen LogP contribution in [0.25, 0.3) is 0 Å². The molecular formula is C30H37N3O4. The summed E-state index contributed by atoms with van der Waals surface area (Å²) in [5.41, 5.74) is 3.91. The SMILES string of the molecule is C=CC.CC.Cc1cn(C)cc1C1C(C(=O)Nc2ccc3c(c2)OCCO3)c2ccccc2C(=O)N1C. The molecule has 1 aromatic heterocycles. The van der Waals surface area contributed by atoms with Crippen molar-refractivity contribution >= 4 is 17.5 Å². The van der Waals surface area contributed by atoms with Crippen LogP contribution in [0.3, 0.4) is 0 Å². The van der Waals surface area contributed by atoms with Crippen LogP contribution in [0.4, 0.5) is 5.69 Å². The van der Waals surface area contributed by atoms with Gasteiger partial charge in [-0.1, -0.05) is 38.1 Å². The molecule has 3 aromatic rings. The largest absolute Gasteiger partial charge is 0.486 e. The molecule has 0 saturated heterocycles. The minimum atomic E-state index is -0.566. The maximum Gasteiger partial charge on any atom is 0.254 e. The third kappa shape index (κ3) is 5.71. The van der Waals surface area contributed by atoms with Gasteiger partial charge in [-0.3, -0.25) is 9.59 Å². The number of nitrogens with one attached hydrogen (secondary N) is 1. The van der Waals surface area contributed by atoms with E-state index in [4.69, 9.17) is 9.47 Å². The van der Waals surface area contributed by atoms with Gasteiger partial charge in [-0.2, -0.15) is 0 Å². The van der Waals surface area contributed by atoms with E-state index in [1.54, 1.807) is 42.3 Å². The molecule has 0 radical (unpaired) electrons. The van der Waals surface area contributed by atoms with E-state index in [9.17, 15) is 9.59 Å². The van der Waals surface area contributed by atoms with Crippen LogP contribution in [0, 0.1) is 6.92 Å². The Balaban J connectivity index is 0.000000711. The van der Waals surface area contributed by atoms with Crippen molar-refractivity contribution in [3.05, 3.63) is 89.8 Å². The summed E-state index contributed by atoms with van der Waals surface area (Å²) in [6, 6.07) is 12.3. The molecule has 2 aliphatic rings. The lowest BCUT2D eigenvalue weighted by molar-refractivity contribution is -0.119. The summed E-state index contributed by atoms with van der Waals surface area (Å²) in [7, 11) is 3.71. The molecule has 2 aliphatic heterocycles. The molecule has 3 heterocycles. The normalized spacial score (nSPS) is 17.4. The molecule has 7 nitrogen and oxygen atoms in total. The van der Waals surface area contributed by atoms with Crippen LogP contribution in [-0.2, 0) is 11.8 Å². The lowest BCUT2D eigenvalue weighted by Gasteiger charge is -2.39. The molecule has 37 heavy (non-hydrogen) atoms. The third-order valence-corrected chi connectivity index (χ3v) is 6.19. The molecule has 196 valence electrons. The van der Waals surface area contributed by atoms with E-state index >= 15 is 0 Å². The molecule has 5 rings (SSSR count). The van der Waals surface area contributed by atoms with Crippen molar-refractivity contribution in [2.75, 3.05) is 25.6 Å². The number of carbonyl (C=O) groups excluding carboxylic acids is 2. The average Bonchev–Trinajstić information content (AvgIpc) is 3.24. The van der Waals surface area contributed by atoms with Crippen molar-refractivity contribution in [1.82, 2.24) is 9.47 Å². The molecule has 7 heteroatoms. The highest BCUT2D eigenvalue weighted by Gasteiger charge is 2.43. The number of aromatic nitrogens is 1. The number of nitrogens with zero attached hydrogens (tertiary/aromatic N) is 2. The van der Waals surface area contributed by atoms with Gasteiger partial charge in [0.15, 0.2) is 11.5 Å². The maximum atomic E-state index is 13.7. The number of hydrogen-bond donors (Lipinski definition) is 1. The van der Waals surface area contributed by atoms with E-state index in [1.807, 2.05) is 69.9 Å². The Morgan fingerprint density at radius 1 is 1.03 bits per heavy atom. The van der Waals surface area contributed by atoms with Crippen molar-refractivity contribution in [3.8, 4) is 11.5 Å². The summed E-state index contributed by atoms with van der Waals surface area (Å²) in [5, 5.41) is 3.04. The number of ether oxygens (including phenoxy) is 2. The monoisotopic (exact) mass is 503 g/mol. The van der Waals surface area contributed by atoms with Crippen LogP contribution in [-0.4, -0.2) is 41.5 Å². The zero-order valence-corrected chi connectivity index (χ0v) is 22.6. The van der Waals surface area contributed by atoms with Crippen LogP contribution < -0.4 is 14.8 Å². The van der Waals surface area contributed by atoms with Crippen LogP contribution in [0.1, 0.15) is 59.8 Å². The van der Waals surface area contributed by atoms with Crippen molar-refractivity contribution in [2.24, 2.45) is 7.05 Å². The van der Waals surface area contributed by atoms with Gasteiger partial charge in [-0.05, 0) is 48.7 Å². The van der Waals surface area contributed by atoms with Crippen molar-refractivity contribution in [2.45, 2.75) is 39.7 Å². The number of aryl methyl sites for hydroxylation is 2. The summed E-state index contributed by atoms with van der Waals surface area (Å²) in [6.07, 6.45) is 5.74. The first-order chi connectivity index (χ1) is 17.8. The third-order valence-electron chi connectivity index (χ3n) is 6.19. The summed E-state index contributed by atoms with van der Waals surface area (Å²) < 4.78 is 13.2. The summed E-state index contributed by atoms with van der Waals surface area (Å²) in [4.78, 5) is 28.6. The van der Waals surface area contributed by atoms with Crippen molar-refractivity contribution < 1.29 is 19.1 Å². The van der Waals surface area contributed by atoms with Crippen LogP contribution in [0.15, 0.2) is 67.5 Å². The van der Waals surface area contributed by atoms with Crippen molar-refractivity contribution in [1.29, 1.82) is 0 Å². The van der Waals surface area contributed by atoms with Gasteiger partial charge in [-0.15, -0.1) is 6.58 Å². The smallest absolute Gasteiger partial charge is 0.254 e. The highest BCUT2D eigenvalue weighted by atomic mass is 16.6. The first-order valence-corrected chi connectivity index (χ1v) is 12.6. The quantitative estimate of drug-likeness (QED) is 0.454. The number of amides is 2. The standard InChI is InChI=1S/C25H25N3O4.C3H6.C2H6/c1-15-13-27(2)14-19(15)23-22(17-6-4-5-7-18(17)25(30)28(23)3)24(29)26-16-8-9-20-21(12-16)32-11-10-31-20;1-3-2;1-2/h4-9,12-14,22-23H,10-11H2,1-3H3,(H,26,29);3H,1H2,2H3;1-2H3. The van der Waals surface area contributed by atoms with E-state index in [0.29, 0.717) is 36.0 Å². The minimum absolute atomic E-state index is 0.0859. The van der Waals surface area contributed by atoms with E-state index in [-0.39, 0.29) is 11.8 Å². The number of anilines is 1. The highest BCUT2D eigenvalue weighted by molar-refractivity contribution is 6.04. The lowest BCUT2D eigenvalue weighted by Crippen LogP contribution is -2.44.